The monoisotopic (exact) mass is 147 g/mol. The highest BCUT2D eigenvalue weighted by molar-refractivity contribution is 5.74. The highest BCUT2D eigenvalue weighted by atomic mass is 19.2. The van der Waals surface area contributed by atoms with E-state index in [9.17, 15) is 9.28 Å². The average Bonchev–Trinajstić information content (AvgIpc) is 2.11. The van der Waals surface area contributed by atoms with E-state index in [0.29, 0.717) is 11.5 Å². The molecule has 1 N–H and O–H groups in total. The van der Waals surface area contributed by atoms with E-state index >= 15 is 0 Å². The van der Waals surface area contributed by atoms with E-state index in [2.05, 4.69) is 0 Å². The number of carboxylic acids is 1. The van der Waals surface area contributed by atoms with E-state index in [1.807, 2.05) is 0 Å². The maximum Gasteiger partial charge on any atom is 0.323 e. The molecule has 0 spiro atoms. The van der Waals surface area contributed by atoms with Crippen molar-refractivity contribution in [2.75, 3.05) is 6.54 Å². The first-order valence-corrected chi connectivity index (χ1v) is 3.28. The molecule has 0 aliphatic carbocycles. The molecular formula is C6H10FNO2. The predicted molar refractivity (Wildman–Crippen MR) is 33.0 cm³/mol. The molecule has 0 amide bonds. The van der Waals surface area contributed by atoms with Crippen molar-refractivity contribution in [3.63, 3.8) is 0 Å². The summed E-state index contributed by atoms with van der Waals surface area (Å²) in [5, 5.41) is 8.87. The summed E-state index contributed by atoms with van der Waals surface area (Å²) >= 11 is 0. The van der Waals surface area contributed by atoms with Crippen LogP contribution in [0.2, 0.25) is 0 Å². The maximum atomic E-state index is 12.5. The molecule has 3 nitrogen and oxygen atoms in total. The smallest absolute Gasteiger partial charge is 0.323 e. The van der Waals surface area contributed by atoms with Gasteiger partial charge in [-0.2, -0.15) is 0 Å². The normalized spacial score (nSPS) is 34.6. The fraction of sp³-hybridized carbons (Fsp3) is 0.833. The number of aliphatic carboxylic acids is 1. The Morgan fingerprint density at radius 1 is 1.80 bits per heavy atom. The molecule has 4 heteroatoms. The topological polar surface area (TPSA) is 40.5 Å². The Bertz CT molecular complexity index is 141. The minimum atomic E-state index is -1.06. The Kier molecular flexibility index (Phi) is 1.89. The molecule has 0 aromatic heterocycles. The third-order valence-corrected chi connectivity index (χ3v) is 1.89. The molecule has 10 heavy (non-hydrogen) atoms. The van der Waals surface area contributed by atoms with Gasteiger partial charge in [-0.25, -0.2) is 0 Å². The summed E-state index contributed by atoms with van der Waals surface area (Å²) in [5.41, 5.74) is 0. The number of carboxylic acid groups (broad SMARTS) is 1. The number of hydrogen-bond donors (Lipinski definition) is 1. The minimum absolute atomic E-state index is 0.0671. The lowest BCUT2D eigenvalue weighted by Gasteiger charge is -2.12. The van der Waals surface area contributed by atoms with Gasteiger partial charge in [0.2, 0.25) is 0 Å². The molecular weight excluding hydrogens is 137 g/mol. The Balaban J connectivity index is 2.63. The molecule has 2 atom stereocenters. The summed E-state index contributed by atoms with van der Waals surface area (Å²) in [6.07, 6.45) is 0.632. The molecule has 1 rings (SSSR count). The van der Waals surface area contributed by atoms with Gasteiger partial charge in [-0.3, -0.25) is 4.79 Å². The van der Waals surface area contributed by atoms with Gasteiger partial charge in [0.1, 0.15) is 6.04 Å². The first-order chi connectivity index (χ1) is 4.63. The van der Waals surface area contributed by atoms with Crippen LogP contribution in [0, 0.1) is 5.92 Å². The van der Waals surface area contributed by atoms with Gasteiger partial charge in [-0.05, 0) is 12.3 Å². The molecule has 1 heterocycles. The quantitative estimate of drug-likeness (QED) is 0.554. The van der Waals surface area contributed by atoms with Crippen LogP contribution in [0.25, 0.3) is 0 Å². The van der Waals surface area contributed by atoms with Gasteiger partial charge in [0.15, 0.2) is 0 Å². The standard InChI is InChI=1S/C6H10FNO2/c1-4-2-3-8(7)5(4)6(9)10/h4-5H,2-3H2,1H3,(H,9,10). The minimum Gasteiger partial charge on any atom is -0.480 e. The van der Waals surface area contributed by atoms with Crippen molar-refractivity contribution in [2.24, 2.45) is 5.92 Å². The average molecular weight is 147 g/mol. The second kappa shape index (κ2) is 2.54. The van der Waals surface area contributed by atoms with Gasteiger partial charge in [0, 0.05) is 6.54 Å². The van der Waals surface area contributed by atoms with Crippen LogP contribution in [0.15, 0.2) is 0 Å². The summed E-state index contributed by atoms with van der Waals surface area (Å²) in [5.74, 6) is -1.13. The van der Waals surface area contributed by atoms with E-state index in [4.69, 9.17) is 5.11 Å². The van der Waals surface area contributed by atoms with Crippen LogP contribution in [-0.2, 0) is 4.79 Å². The zero-order valence-corrected chi connectivity index (χ0v) is 5.75. The summed E-state index contributed by atoms with van der Waals surface area (Å²) < 4.78 is 12.5. The molecule has 1 aliphatic heterocycles. The number of hydrogen-bond acceptors (Lipinski definition) is 2. The first kappa shape index (κ1) is 7.47. The molecule has 0 saturated carbocycles. The van der Waals surface area contributed by atoms with E-state index in [1.54, 1.807) is 6.92 Å². The third kappa shape index (κ3) is 1.11. The van der Waals surface area contributed by atoms with Crippen LogP contribution in [0.5, 0.6) is 0 Å². The molecule has 0 aromatic carbocycles. The maximum absolute atomic E-state index is 12.5. The largest absolute Gasteiger partial charge is 0.480 e. The second-order valence-electron chi connectivity index (χ2n) is 2.67. The van der Waals surface area contributed by atoms with Gasteiger partial charge in [-0.1, -0.05) is 6.92 Å². The van der Waals surface area contributed by atoms with Crippen molar-refractivity contribution in [1.82, 2.24) is 5.12 Å². The van der Waals surface area contributed by atoms with E-state index < -0.39 is 12.0 Å². The summed E-state index contributed by atoms with van der Waals surface area (Å²) in [6.45, 7) is 2.00. The fourth-order valence-corrected chi connectivity index (χ4v) is 1.26. The zero-order chi connectivity index (χ0) is 7.72. The molecule has 1 aliphatic rings. The predicted octanol–water partition coefficient (Wildman–Crippen LogP) is 0.666. The van der Waals surface area contributed by atoms with Crippen LogP contribution in [0.4, 0.5) is 4.48 Å². The molecule has 58 valence electrons. The van der Waals surface area contributed by atoms with Gasteiger partial charge in [0.05, 0.1) is 0 Å². The zero-order valence-electron chi connectivity index (χ0n) is 5.75. The second-order valence-corrected chi connectivity index (χ2v) is 2.67. The van der Waals surface area contributed by atoms with Crippen LogP contribution in [0.1, 0.15) is 13.3 Å². The summed E-state index contributed by atoms with van der Waals surface area (Å²) in [7, 11) is 0. The highest BCUT2D eigenvalue weighted by Gasteiger charge is 2.37. The number of nitrogens with zero attached hydrogens (tertiary/aromatic N) is 1. The molecule has 1 fully saturated rings. The lowest BCUT2D eigenvalue weighted by atomic mass is 10.0. The van der Waals surface area contributed by atoms with Gasteiger partial charge in [0.25, 0.3) is 0 Å². The van der Waals surface area contributed by atoms with Crippen molar-refractivity contribution >= 4 is 5.97 Å². The Morgan fingerprint density at radius 3 is 2.60 bits per heavy atom. The van der Waals surface area contributed by atoms with E-state index in [0.717, 1.165) is 0 Å². The van der Waals surface area contributed by atoms with Crippen molar-refractivity contribution in [3.05, 3.63) is 0 Å². The van der Waals surface area contributed by atoms with Crippen molar-refractivity contribution in [1.29, 1.82) is 0 Å². The fourth-order valence-electron chi connectivity index (χ4n) is 1.26. The van der Waals surface area contributed by atoms with E-state index in [1.165, 1.54) is 0 Å². The third-order valence-electron chi connectivity index (χ3n) is 1.89. The molecule has 0 radical (unpaired) electrons. The number of carbonyl (C=O) groups is 1. The van der Waals surface area contributed by atoms with Gasteiger partial charge in [-0.15, -0.1) is 9.60 Å². The van der Waals surface area contributed by atoms with Crippen molar-refractivity contribution in [3.8, 4) is 0 Å². The number of halogens is 1. The Morgan fingerprint density at radius 2 is 2.40 bits per heavy atom. The molecule has 2 unspecified atom stereocenters. The molecule has 1 saturated heterocycles. The first-order valence-electron chi connectivity index (χ1n) is 3.28. The summed E-state index contributed by atoms with van der Waals surface area (Å²) in [4.78, 5) is 10.3. The van der Waals surface area contributed by atoms with Crippen molar-refractivity contribution < 1.29 is 14.4 Å². The van der Waals surface area contributed by atoms with E-state index in [-0.39, 0.29) is 12.5 Å². The van der Waals surface area contributed by atoms with Crippen LogP contribution < -0.4 is 0 Å². The van der Waals surface area contributed by atoms with Gasteiger partial charge >= 0.3 is 5.97 Å². The highest BCUT2D eigenvalue weighted by Crippen LogP contribution is 2.23. The van der Waals surface area contributed by atoms with Crippen LogP contribution in [0.3, 0.4) is 0 Å². The summed E-state index contributed by atoms with van der Waals surface area (Å²) in [6, 6.07) is -0.917. The lowest BCUT2D eigenvalue weighted by Crippen LogP contribution is -2.33. The number of rotatable bonds is 1. The van der Waals surface area contributed by atoms with Crippen molar-refractivity contribution in [2.45, 2.75) is 19.4 Å². The SMILES string of the molecule is CC1CCN(F)C1C(=O)O. The lowest BCUT2D eigenvalue weighted by molar-refractivity contribution is -0.149. The Hall–Kier alpha value is -0.640. The molecule has 0 aromatic rings. The molecule has 0 bridgehead atoms. The van der Waals surface area contributed by atoms with Crippen LogP contribution in [-0.4, -0.2) is 28.8 Å². The van der Waals surface area contributed by atoms with Crippen LogP contribution >= 0.6 is 0 Å². The Labute approximate surface area is 58.4 Å². The van der Waals surface area contributed by atoms with Gasteiger partial charge < -0.3 is 5.11 Å².